The molecule has 4 N–H and O–H groups in total. The molecule has 1 aliphatic rings. The van der Waals surface area contributed by atoms with Gasteiger partial charge in [0.15, 0.2) is 6.04 Å². The molecule has 1 heterocycles. The summed E-state index contributed by atoms with van der Waals surface area (Å²) >= 11 is 0. The van der Waals surface area contributed by atoms with Crippen LogP contribution in [0.1, 0.15) is 30.9 Å². The number of carbonyl (C=O) groups is 3. The van der Waals surface area contributed by atoms with Crippen LogP contribution in [0.5, 0.6) is 0 Å². The van der Waals surface area contributed by atoms with Gasteiger partial charge in [0.2, 0.25) is 5.91 Å². The van der Waals surface area contributed by atoms with Gasteiger partial charge in [-0.3, -0.25) is 4.79 Å². The summed E-state index contributed by atoms with van der Waals surface area (Å²) < 4.78 is 4.71. The zero-order chi connectivity index (χ0) is 18.4. The molecule has 25 heavy (non-hydrogen) atoms. The van der Waals surface area contributed by atoms with E-state index in [-0.39, 0.29) is 12.3 Å². The highest BCUT2D eigenvalue weighted by molar-refractivity contribution is 5.86. The summed E-state index contributed by atoms with van der Waals surface area (Å²) in [5, 5.41) is 12.6. The number of amides is 3. The van der Waals surface area contributed by atoms with Crippen molar-refractivity contribution in [3.8, 4) is 0 Å². The van der Waals surface area contributed by atoms with Gasteiger partial charge in [0, 0.05) is 6.54 Å². The number of hydrogen-bond donors (Lipinski definition) is 3. The lowest BCUT2D eigenvalue weighted by atomic mass is 9.96. The minimum Gasteiger partial charge on any atom is -0.467 e. The second-order valence-corrected chi connectivity index (χ2v) is 5.94. The third-order valence-corrected chi connectivity index (χ3v) is 4.26. The molecule has 8 heteroatoms. The van der Waals surface area contributed by atoms with E-state index >= 15 is 0 Å². The average Bonchev–Trinajstić information content (AvgIpc) is 2.60. The number of likely N-dealkylation sites (tertiary alicyclic amines) is 1. The number of rotatable bonds is 5. The highest BCUT2D eigenvalue weighted by Crippen LogP contribution is 2.23. The molecule has 0 aliphatic carbocycles. The Bertz CT molecular complexity index is 622. The maximum atomic E-state index is 12.8. The van der Waals surface area contributed by atoms with E-state index in [0.717, 1.165) is 5.56 Å². The van der Waals surface area contributed by atoms with Gasteiger partial charge in [-0.25, -0.2) is 9.59 Å². The van der Waals surface area contributed by atoms with Gasteiger partial charge < -0.3 is 25.8 Å². The van der Waals surface area contributed by atoms with Crippen molar-refractivity contribution in [3.05, 3.63) is 35.9 Å². The zero-order valence-electron chi connectivity index (χ0n) is 14.1. The molecule has 0 saturated carbocycles. The second kappa shape index (κ2) is 8.48. The Hall–Kier alpha value is -2.61. The highest BCUT2D eigenvalue weighted by Gasteiger charge is 2.39. The van der Waals surface area contributed by atoms with Crippen LogP contribution < -0.4 is 11.1 Å². The first-order valence-corrected chi connectivity index (χ1v) is 8.10. The fourth-order valence-corrected chi connectivity index (χ4v) is 3.06. The van der Waals surface area contributed by atoms with Crippen LogP contribution in [0, 0.1) is 0 Å². The number of benzene rings is 1. The Balaban J connectivity index is 2.18. The van der Waals surface area contributed by atoms with Crippen molar-refractivity contribution in [2.24, 2.45) is 5.73 Å². The van der Waals surface area contributed by atoms with Gasteiger partial charge in [-0.15, -0.1) is 0 Å². The van der Waals surface area contributed by atoms with E-state index in [1.54, 1.807) is 24.3 Å². The van der Waals surface area contributed by atoms with Crippen LogP contribution in [-0.2, 0) is 14.3 Å². The standard InChI is InChI=1S/C17H23N3O5/c1-25-16(23)15-13(21)8-5-9-20(15)14(22)10-12(19-17(18)24)11-6-3-2-4-7-11/h2-4,6-7,12-13,15,21H,5,8-10H2,1H3,(H3,18,19,24). The van der Waals surface area contributed by atoms with Crippen LogP contribution in [-0.4, -0.2) is 53.7 Å². The topological polar surface area (TPSA) is 122 Å². The van der Waals surface area contributed by atoms with Crippen molar-refractivity contribution in [2.45, 2.75) is 37.5 Å². The summed E-state index contributed by atoms with van der Waals surface area (Å²) in [6, 6.07) is 6.55. The number of nitrogens with one attached hydrogen (secondary N) is 1. The predicted octanol–water partition coefficient (Wildman–Crippen LogP) is 0.311. The van der Waals surface area contributed by atoms with E-state index in [9.17, 15) is 19.5 Å². The van der Waals surface area contributed by atoms with E-state index in [0.29, 0.717) is 19.4 Å². The summed E-state index contributed by atoms with van der Waals surface area (Å²) in [7, 11) is 1.22. The summed E-state index contributed by atoms with van der Waals surface area (Å²) in [5.74, 6) is -1.02. The minimum atomic E-state index is -1.03. The number of carbonyl (C=O) groups excluding carboxylic acids is 3. The number of ether oxygens (including phenoxy) is 1. The number of primary amides is 1. The predicted molar refractivity (Wildman–Crippen MR) is 89.3 cm³/mol. The molecule has 1 aliphatic heterocycles. The fourth-order valence-electron chi connectivity index (χ4n) is 3.06. The van der Waals surface area contributed by atoms with Crippen molar-refractivity contribution in [1.29, 1.82) is 0 Å². The molecule has 8 nitrogen and oxygen atoms in total. The van der Waals surface area contributed by atoms with Crippen molar-refractivity contribution in [1.82, 2.24) is 10.2 Å². The minimum absolute atomic E-state index is 0.0762. The molecule has 1 fully saturated rings. The number of hydrogen-bond acceptors (Lipinski definition) is 5. The Morgan fingerprint density at radius 3 is 2.64 bits per heavy atom. The molecule has 3 amide bonds. The van der Waals surface area contributed by atoms with Crippen LogP contribution in [0.4, 0.5) is 4.79 Å². The lowest BCUT2D eigenvalue weighted by Gasteiger charge is -2.37. The summed E-state index contributed by atoms with van der Waals surface area (Å²) in [4.78, 5) is 37.3. The zero-order valence-corrected chi connectivity index (χ0v) is 14.1. The second-order valence-electron chi connectivity index (χ2n) is 5.94. The van der Waals surface area contributed by atoms with Gasteiger partial charge in [-0.2, -0.15) is 0 Å². The van der Waals surface area contributed by atoms with Gasteiger partial charge in [0.1, 0.15) is 0 Å². The van der Waals surface area contributed by atoms with E-state index in [1.807, 2.05) is 6.07 Å². The number of nitrogens with zero attached hydrogens (tertiary/aromatic N) is 1. The smallest absolute Gasteiger partial charge is 0.331 e. The molecule has 3 atom stereocenters. The van der Waals surface area contributed by atoms with Crippen molar-refractivity contribution in [2.75, 3.05) is 13.7 Å². The first-order valence-electron chi connectivity index (χ1n) is 8.10. The Morgan fingerprint density at radius 2 is 2.04 bits per heavy atom. The van der Waals surface area contributed by atoms with Crippen LogP contribution in [0.3, 0.4) is 0 Å². The van der Waals surface area contributed by atoms with Crippen LogP contribution >= 0.6 is 0 Å². The molecular weight excluding hydrogens is 326 g/mol. The van der Waals surface area contributed by atoms with E-state index < -0.39 is 30.2 Å². The first kappa shape index (κ1) is 18.7. The molecule has 1 aromatic carbocycles. The van der Waals surface area contributed by atoms with Gasteiger partial charge >= 0.3 is 12.0 Å². The number of aliphatic hydroxyl groups excluding tert-OH is 1. The van der Waals surface area contributed by atoms with Crippen molar-refractivity contribution >= 4 is 17.9 Å². The summed E-state index contributed by atoms with van der Waals surface area (Å²) in [6.45, 7) is 0.341. The Kier molecular flexibility index (Phi) is 6.35. The number of urea groups is 1. The van der Waals surface area contributed by atoms with Crippen LogP contribution in [0.2, 0.25) is 0 Å². The van der Waals surface area contributed by atoms with Crippen molar-refractivity contribution in [3.63, 3.8) is 0 Å². The van der Waals surface area contributed by atoms with Gasteiger partial charge in [0.25, 0.3) is 0 Å². The molecule has 0 spiro atoms. The molecule has 1 saturated heterocycles. The third kappa shape index (κ3) is 4.69. The number of esters is 1. The molecular formula is C17H23N3O5. The molecule has 3 unspecified atom stereocenters. The molecule has 0 radical (unpaired) electrons. The van der Waals surface area contributed by atoms with E-state index in [2.05, 4.69) is 5.32 Å². The quantitative estimate of drug-likeness (QED) is 0.661. The average molecular weight is 349 g/mol. The number of aliphatic hydroxyl groups is 1. The van der Waals surface area contributed by atoms with Crippen LogP contribution in [0.15, 0.2) is 30.3 Å². The van der Waals surface area contributed by atoms with E-state index in [1.165, 1.54) is 12.0 Å². The SMILES string of the molecule is COC(=O)C1C(O)CCCN1C(=O)CC(NC(N)=O)c1ccccc1. The molecule has 2 rings (SSSR count). The maximum absolute atomic E-state index is 12.8. The molecule has 0 bridgehead atoms. The lowest BCUT2D eigenvalue weighted by Crippen LogP contribution is -2.56. The Labute approximate surface area is 145 Å². The normalized spacial score (nSPS) is 21.3. The lowest BCUT2D eigenvalue weighted by molar-refractivity contribution is -0.161. The largest absolute Gasteiger partial charge is 0.467 e. The Morgan fingerprint density at radius 1 is 1.36 bits per heavy atom. The van der Waals surface area contributed by atoms with Crippen molar-refractivity contribution < 1.29 is 24.2 Å². The van der Waals surface area contributed by atoms with Crippen LogP contribution in [0.25, 0.3) is 0 Å². The fraction of sp³-hybridized carbons (Fsp3) is 0.471. The van der Waals surface area contributed by atoms with E-state index in [4.69, 9.17) is 10.5 Å². The van der Waals surface area contributed by atoms with Gasteiger partial charge in [0.05, 0.1) is 25.7 Å². The monoisotopic (exact) mass is 349 g/mol. The first-order chi connectivity index (χ1) is 11.9. The number of methoxy groups -OCH3 is 1. The molecule has 136 valence electrons. The molecule has 0 aromatic heterocycles. The third-order valence-electron chi connectivity index (χ3n) is 4.26. The number of piperidine rings is 1. The molecule has 1 aromatic rings. The van der Waals surface area contributed by atoms with Gasteiger partial charge in [-0.1, -0.05) is 30.3 Å². The van der Waals surface area contributed by atoms with Gasteiger partial charge in [-0.05, 0) is 18.4 Å². The highest BCUT2D eigenvalue weighted by atomic mass is 16.5. The maximum Gasteiger partial charge on any atom is 0.331 e. The summed E-state index contributed by atoms with van der Waals surface area (Å²) in [6.07, 6.45) is -0.0395. The summed E-state index contributed by atoms with van der Waals surface area (Å²) in [5.41, 5.74) is 5.94. The number of nitrogens with two attached hydrogens (primary N) is 1.